The third-order valence-corrected chi connectivity index (χ3v) is 5.60. The van der Waals surface area contributed by atoms with Crippen molar-refractivity contribution in [3.05, 3.63) is 65.5 Å². The van der Waals surface area contributed by atoms with Gasteiger partial charge in [-0.3, -0.25) is 4.79 Å². The summed E-state index contributed by atoms with van der Waals surface area (Å²) < 4.78 is 18.9. The smallest absolute Gasteiger partial charge is 0.260 e. The van der Waals surface area contributed by atoms with Crippen molar-refractivity contribution in [2.75, 3.05) is 31.3 Å². The predicted octanol–water partition coefficient (Wildman–Crippen LogP) is 4.82. The van der Waals surface area contributed by atoms with Gasteiger partial charge in [0.15, 0.2) is 11.5 Å². The lowest BCUT2D eigenvalue weighted by atomic mass is 10.1. The van der Waals surface area contributed by atoms with Gasteiger partial charge in [0.25, 0.3) is 5.91 Å². The summed E-state index contributed by atoms with van der Waals surface area (Å²) in [5.41, 5.74) is 3.97. The van der Waals surface area contributed by atoms with Crippen molar-refractivity contribution >= 4 is 11.6 Å². The molecule has 0 unspecified atom stereocenters. The van der Waals surface area contributed by atoms with E-state index < -0.39 is 0 Å². The molecule has 3 aromatic rings. The molecule has 33 heavy (non-hydrogen) atoms. The molecule has 1 amide bonds. The van der Waals surface area contributed by atoms with Gasteiger partial charge in [0, 0.05) is 35.4 Å². The number of rotatable bonds is 7. The van der Waals surface area contributed by atoms with Crippen LogP contribution in [0.25, 0.3) is 5.69 Å². The Balaban J connectivity index is 1.68. The number of carbonyl (C=O) groups is 1. The van der Waals surface area contributed by atoms with Crippen LogP contribution in [0, 0.1) is 25.2 Å². The van der Waals surface area contributed by atoms with Gasteiger partial charge in [0.2, 0.25) is 0 Å². The van der Waals surface area contributed by atoms with Gasteiger partial charge in [0.1, 0.15) is 19.0 Å². The number of fused-ring (bicyclic) bond motifs is 1. The lowest BCUT2D eigenvalue weighted by Gasteiger charge is -2.22. The average molecular weight is 446 g/mol. The third kappa shape index (κ3) is 4.51. The molecule has 1 aromatic heterocycles. The minimum Gasteiger partial charge on any atom is -0.494 e. The molecule has 0 radical (unpaired) electrons. The van der Waals surface area contributed by atoms with Gasteiger partial charge in [0.05, 0.1) is 24.7 Å². The highest BCUT2D eigenvalue weighted by molar-refractivity contribution is 6.07. The van der Waals surface area contributed by atoms with Gasteiger partial charge >= 0.3 is 0 Å². The number of aromatic nitrogens is 1. The molecule has 7 nitrogen and oxygen atoms in total. The van der Waals surface area contributed by atoms with Gasteiger partial charge in [-0.1, -0.05) is 0 Å². The zero-order valence-corrected chi connectivity index (χ0v) is 19.1. The molecule has 0 aliphatic carbocycles. The first-order valence-electron chi connectivity index (χ1n) is 11.0. The Labute approximate surface area is 193 Å². The maximum Gasteiger partial charge on any atom is 0.260 e. The van der Waals surface area contributed by atoms with Crippen molar-refractivity contribution in [2.24, 2.45) is 0 Å². The number of hydrogen-bond donors (Lipinski definition) is 0. The number of ether oxygens (including phenoxy) is 3. The Morgan fingerprint density at radius 1 is 1.09 bits per heavy atom. The maximum absolute atomic E-state index is 13.6. The molecule has 4 rings (SSSR count). The van der Waals surface area contributed by atoms with Crippen LogP contribution in [0.5, 0.6) is 17.2 Å². The zero-order valence-electron chi connectivity index (χ0n) is 19.1. The highest BCUT2D eigenvalue weighted by Gasteiger charge is 2.24. The molecule has 0 bridgehead atoms. The van der Waals surface area contributed by atoms with Crippen molar-refractivity contribution in [1.82, 2.24) is 4.57 Å². The maximum atomic E-state index is 13.6. The summed E-state index contributed by atoms with van der Waals surface area (Å²) in [5.74, 6) is 2.02. The van der Waals surface area contributed by atoms with Crippen LogP contribution in [-0.4, -0.2) is 36.8 Å². The quantitative estimate of drug-likeness (QED) is 0.521. The fraction of sp³-hybridized carbons (Fsp3) is 0.308. The number of nitriles is 1. The van der Waals surface area contributed by atoms with Gasteiger partial charge < -0.3 is 23.7 Å². The monoisotopic (exact) mass is 445 g/mol. The van der Waals surface area contributed by atoms with E-state index in [1.165, 1.54) is 0 Å². The Kier molecular flexibility index (Phi) is 6.55. The topological polar surface area (TPSA) is 76.7 Å². The second kappa shape index (κ2) is 9.70. The van der Waals surface area contributed by atoms with Crippen molar-refractivity contribution < 1.29 is 19.0 Å². The number of amides is 1. The van der Waals surface area contributed by atoms with Crippen LogP contribution >= 0.6 is 0 Å². The number of benzene rings is 2. The second-order valence-corrected chi connectivity index (χ2v) is 7.74. The number of aryl methyl sites for hydroxylation is 1. The zero-order chi connectivity index (χ0) is 23.4. The largest absolute Gasteiger partial charge is 0.494 e. The lowest BCUT2D eigenvalue weighted by Crippen LogP contribution is -2.32. The van der Waals surface area contributed by atoms with Crippen LogP contribution in [0.4, 0.5) is 5.69 Å². The first kappa shape index (κ1) is 22.3. The standard InChI is InChI=1S/C26H27N3O4/c1-4-31-22-9-6-20(7-10-22)28(13-5-12-27)26(30)23-16-18(2)29(19(23)3)21-8-11-24-25(17-21)33-15-14-32-24/h6-11,16-17H,4-5,13-15H2,1-3H3. The summed E-state index contributed by atoms with van der Waals surface area (Å²) in [6.45, 7) is 7.75. The first-order valence-corrected chi connectivity index (χ1v) is 11.0. The van der Waals surface area contributed by atoms with Gasteiger partial charge in [-0.05, 0) is 63.2 Å². The fourth-order valence-corrected chi connectivity index (χ4v) is 4.09. The fourth-order valence-electron chi connectivity index (χ4n) is 4.09. The second-order valence-electron chi connectivity index (χ2n) is 7.74. The van der Waals surface area contributed by atoms with Crippen LogP contribution in [0.2, 0.25) is 0 Å². The molecule has 0 atom stereocenters. The molecular weight excluding hydrogens is 418 g/mol. The SMILES string of the molecule is CCOc1ccc(N(CCC#N)C(=O)c2cc(C)n(-c3ccc4c(c3)OCCO4)c2C)cc1. The number of anilines is 1. The van der Waals surface area contributed by atoms with E-state index >= 15 is 0 Å². The van der Waals surface area contributed by atoms with Crippen molar-refractivity contribution in [2.45, 2.75) is 27.2 Å². The van der Waals surface area contributed by atoms with Gasteiger partial charge in [-0.2, -0.15) is 5.26 Å². The van der Waals surface area contributed by atoms with Crippen LogP contribution in [0.1, 0.15) is 35.1 Å². The molecule has 0 spiro atoms. The van der Waals surface area contributed by atoms with Crippen molar-refractivity contribution in [3.8, 4) is 29.0 Å². The number of carbonyl (C=O) groups excluding carboxylic acids is 1. The number of hydrogen-bond acceptors (Lipinski definition) is 5. The van der Waals surface area contributed by atoms with Crippen LogP contribution in [0.3, 0.4) is 0 Å². The van der Waals surface area contributed by atoms with Crippen LogP contribution in [-0.2, 0) is 0 Å². The molecule has 0 saturated heterocycles. The summed E-state index contributed by atoms with van der Waals surface area (Å²) in [6.07, 6.45) is 0.236. The Hall–Kier alpha value is -3.92. The van der Waals surface area contributed by atoms with E-state index in [0.717, 1.165) is 34.3 Å². The van der Waals surface area contributed by atoms with Gasteiger partial charge in [-0.15, -0.1) is 0 Å². The molecule has 170 valence electrons. The van der Waals surface area contributed by atoms with E-state index in [0.29, 0.717) is 37.7 Å². The molecule has 0 saturated carbocycles. The van der Waals surface area contributed by atoms with Crippen molar-refractivity contribution in [3.63, 3.8) is 0 Å². The van der Waals surface area contributed by atoms with Crippen LogP contribution < -0.4 is 19.1 Å². The normalized spacial score (nSPS) is 12.2. The average Bonchev–Trinajstić information content (AvgIpc) is 3.13. The predicted molar refractivity (Wildman–Crippen MR) is 126 cm³/mol. The van der Waals surface area contributed by atoms with E-state index in [4.69, 9.17) is 19.5 Å². The molecular formula is C26H27N3O4. The minimum atomic E-state index is -0.147. The molecule has 1 aliphatic heterocycles. The molecule has 1 aliphatic rings. The summed E-state index contributed by atoms with van der Waals surface area (Å²) in [7, 11) is 0. The van der Waals surface area contributed by atoms with E-state index in [-0.39, 0.29) is 12.3 Å². The molecule has 2 aromatic carbocycles. The van der Waals surface area contributed by atoms with Crippen LogP contribution in [0.15, 0.2) is 48.5 Å². The van der Waals surface area contributed by atoms with Gasteiger partial charge in [-0.25, -0.2) is 0 Å². The Morgan fingerprint density at radius 2 is 1.82 bits per heavy atom. The molecule has 0 fully saturated rings. The Morgan fingerprint density at radius 3 is 2.52 bits per heavy atom. The lowest BCUT2D eigenvalue weighted by molar-refractivity contribution is 0.0987. The highest BCUT2D eigenvalue weighted by atomic mass is 16.6. The molecule has 0 N–H and O–H groups in total. The van der Waals surface area contributed by atoms with Crippen molar-refractivity contribution in [1.29, 1.82) is 5.26 Å². The minimum absolute atomic E-state index is 0.147. The van der Waals surface area contributed by atoms with E-state index in [2.05, 4.69) is 6.07 Å². The Bertz CT molecular complexity index is 1190. The summed E-state index contributed by atoms with van der Waals surface area (Å²) in [5, 5.41) is 9.14. The third-order valence-electron chi connectivity index (χ3n) is 5.60. The summed E-state index contributed by atoms with van der Waals surface area (Å²) >= 11 is 0. The van der Waals surface area contributed by atoms with E-state index in [9.17, 15) is 4.79 Å². The molecule has 2 heterocycles. The first-order chi connectivity index (χ1) is 16.0. The molecule has 7 heteroatoms. The summed E-state index contributed by atoms with van der Waals surface area (Å²) in [6, 6.07) is 17.2. The van der Waals surface area contributed by atoms with E-state index in [1.807, 2.05) is 73.9 Å². The number of nitrogens with zero attached hydrogens (tertiary/aromatic N) is 3. The van der Waals surface area contributed by atoms with E-state index in [1.54, 1.807) is 4.90 Å². The summed E-state index contributed by atoms with van der Waals surface area (Å²) in [4.78, 5) is 15.3. The highest BCUT2D eigenvalue weighted by Crippen LogP contribution is 2.34.